The molecule has 98 valence electrons. The van der Waals surface area contributed by atoms with Crippen molar-refractivity contribution in [1.29, 1.82) is 0 Å². The van der Waals surface area contributed by atoms with Crippen molar-refractivity contribution in [3.05, 3.63) is 22.2 Å². The highest BCUT2D eigenvalue weighted by Crippen LogP contribution is 2.44. The third-order valence-corrected chi connectivity index (χ3v) is 3.19. The summed E-state index contributed by atoms with van der Waals surface area (Å²) in [6.45, 7) is 4.87. The van der Waals surface area contributed by atoms with Crippen LogP contribution in [0.25, 0.3) is 0 Å². The number of halogens is 1. The Balaban J connectivity index is 2.57. The van der Waals surface area contributed by atoms with E-state index < -0.39 is 5.97 Å². The monoisotopic (exact) mass is 270 g/mol. The van der Waals surface area contributed by atoms with Crippen LogP contribution in [0.2, 0.25) is 5.02 Å². The van der Waals surface area contributed by atoms with Crippen molar-refractivity contribution in [2.24, 2.45) is 0 Å². The van der Waals surface area contributed by atoms with Crippen molar-refractivity contribution in [2.45, 2.75) is 26.2 Å². The second-order valence-corrected chi connectivity index (χ2v) is 4.89. The lowest BCUT2D eigenvalue weighted by atomic mass is 9.94. The van der Waals surface area contributed by atoms with Gasteiger partial charge in [-0.2, -0.15) is 0 Å². The van der Waals surface area contributed by atoms with Crippen molar-refractivity contribution < 1.29 is 19.4 Å². The maximum atomic E-state index is 10.9. The van der Waals surface area contributed by atoms with Gasteiger partial charge in [-0.25, -0.2) is 0 Å². The van der Waals surface area contributed by atoms with Crippen LogP contribution in [-0.4, -0.2) is 24.3 Å². The lowest BCUT2D eigenvalue weighted by molar-refractivity contribution is -0.136. The number of carboxylic acids is 1. The molecule has 0 radical (unpaired) electrons. The number of fused-ring (bicyclic) bond motifs is 1. The molecule has 1 aromatic rings. The standard InChI is InChI=1S/C13H15ClO4/c1-7(2)11-8(6-10(15)16)5-9-13(12(11)14)18-4-3-17-9/h5,7H,3-4,6H2,1-2H3,(H,15,16). The van der Waals surface area contributed by atoms with Crippen LogP contribution in [0.15, 0.2) is 6.07 Å². The molecule has 0 unspecified atom stereocenters. The van der Waals surface area contributed by atoms with Gasteiger partial charge in [-0.3, -0.25) is 4.79 Å². The molecule has 0 saturated carbocycles. The van der Waals surface area contributed by atoms with Gasteiger partial charge in [-0.05, 0) is 23.1 Å². The van der Waals surface area contributed by atoms with E-state index in [-0.39, 0.29) is 12.3 Å². The largest absolute Gasteiger partial charge is 0.486 e. The van der Waals surface area contributed by atoms with Gasteiger partial charge in [0.25, 0.3) is 0 Å². The first kappa shape index (κ1) is 13.0. The zero-order valence-electron chi connectivity index (χ0n) is 10.3. The Bertz CT molecular complexity index is 482. The highest BCUT2D eigenvalue weighted by molar-refractivity contribution is 6.33. The van der Waals surface area contributed by atoms with Gasteiger partial charge in [-0.1, -0.05) is 25.4 Å². The maximum absolute atomic E-state index is 10.9. The fourth-order valence-electron chi connectivity index (χ4n) is 2.14. The lowest BCUT2D eigenvalue weighted by Crippen LogP contribution is -2.17. The van der Waals surface area contributed by atoms with Crippen LogP contribution in [-0.2, 0) is 11.2 Å². The molecule has 0 aromatic heterocycles. The third-order valence-electron chi connectivity index (χ3n) is 2.82. The molecule has 1 N–H and O–H groups in total. The van der Waals surface area contributed by atoms with Crippen LogP contribution in [0, 0.1) is 0 Å². The van der Waals surface area contributed by atoms with E-state index in [1.165, 1.54) is 0 Å². The van der Waals surface area contributed by atoms with Gasteiger partial charge in [0.1, 0.15) is 13.2 Å². The normalized spacial score (nSPS) is 13.8. The predicted octanol–water partition coefficient (Wildman–Crippen LogP) is 2.86. The van der Waals surface area contributed by atoms with Crippen molar-refractivity contribution >= 4 is 17.6 Å². The Morgan fingerprint density at radius 2 is 2.11 bits per heavy atom. The quantitative estimate of drug-likeness (QED) is 0.918. The fourth-order valence-corrected chi connectivity index (χ4v) is 2.63. The summed E-state index contributed by atoms with van der Waals surface area (Å²) in [7, 11) is 0. The first-order valence-corrected chi connectivity index (χ1v) is 6.21. The van der Waals surface area contributed by atoms with Crippen molar-refractivity contribution in [3.63, 3.8) is 0 Å². The Morgan fingerprint density at radius 3 is 2.72 bits per heavy atom. The average molecular weight is 271 g/mol. The van der Waals surface area contributed by atoms with Crippen LogP contribution in [0.4, 0.5) is 0 Å². The Morgan fingerprint density at radius 1 is 1.44 bits per heavy atom. The van der Waals surface area contributed by atoms with Gasteiger partial charge in [-0.15, -0.1) is 0 Å². The number of aliphatic carboxylic acids is 1. The van der Waals surface area contributed by atoms with Crippen LogP contribution in [0.5, 0.6) is 11.5 Å². The topological polar surface area (TPSA) is 55.8 Å². The van der Waals surface area contributed by atoms with Crippen molar-refractivity contribution in [1.82, 2.24) is 0 Å². The summed E-state index contributed by atoms with van der Waals surface area (Å²) in [6.07, 6.45) is -0.0656. The van der Waals surface area contributed by atoms with Gasteiger partial charge < -0.3 is 14.6 Å². The molecule has 1 aromatic carbocycles. The van der Waals surface area contributed by atoms with Crippen molar-refractivity contribution in [3.8, 4) is 11.5 Å². The van der Waals surface area contributed by atoms with E-state index in [4.69, 9.17) is 26.2 Å². The molecular formula is C13H15ClO4. The number of carboxylic acid groups (broad SMARTS) is 1. The maximum Gasteiger partial charge on any atom is 0.307 e. The molecule has 1 aliphatic rings. The highest BCUT2D eigenvalue weighted by atomic mass is 35.5. The molecule has 0 amide bonds. The van der Waals surface area contributed by atoms with Crippen molar-refractivity contribution in [2.75, 3.05) is 13.2 Å². The summed E-state index contributed by atoms with van der Waals surface area (Å²) in [5.74, 6) is 0.306. The smallest absolute Gasteiger partial charge is 0.307 e. The van der Waals surface area contributed by atoms with E-state index in [1.807, 2.05) is 13.8 Å². The minimum atomic E-state index is -0.885. The Kier molecular flexibility index (Phi) is 3.66. The minimum Gasteiger partial charge on any atom is -0.486 e. The van der Waals surface area contributed by atoms with E-state index in [0.29, 0.717) is 35.3 Å². The molecular weight excluding hydrogens is 256 g/mol. The number of hydrogen-bond donors (Lipinski definition) is 1. The van der Waals surface area contributed by atoms with Gasteiger partial charge in [0.2, 0.25) is 0 Å². The van der Waals surface area contributed by atoms with E-state index in [9.17, 15) is 4.79 Å². The third kappa shape index (κ3) is 2.38. The number of ether oxygens (including phenoxy) is 2. The Hall–Kier alpha value is -1.42. The molecule has 0 bridgehead atoms. The molecule has 18 heavy (non-hydrogen) atoms. The molecule has 2 rings (SSSR count). The number of carbonyl (C=O) groups is 1. The number of rotatable bonds is 3. The van der Waals surface area contributed by atoms with E-state index >= 15 is 0 Å². The molecule has 0 fully saturated rings. The summed E-state index contributed by atoms with van der Waals surface area (Å²) in [4.78, 5) is 10.9. The second-order valence-electron chi connectivity index (χ2n) is 4.51. The van der Waals surface area contributed by atoms with Gasteiger partial charge in [0, 0.05) is 0 Å². The van der Waals surface area contributed by atoms with Crippen LogP contribution in [0.3, 0.4) is 0 Å². The lowest BCUT2D eigenvalue weighted by Gasteiger charge is -2.24. The SMILES string of the molecule is CC(C)c1c(CC(=O)O)cc2c(c1Cl)OCCO2. The zero-order chi connectivity index (χ0) is 13.3. The average Bonchev–Trinajstić information content (AvgIpc) is 2.27. The molecule has 0 atom stereocenters. The van der Waals surface area contributed by atoms with Crippen LogP contribution in [0.1, 0.15) is 30.9 Å². The molecule has 0 aliphatic carbocycles. The molecule has 0 saturated heterocycles. The summed E-state index contributed by atoms with van der Waals surface area (Å²) < 4.78 is 11.0. The molecule has 0 spiro atoms. The first-order valence-electron chi connectivity index (χ1n) is 5.83. The summed E-state index contributed by atoms with van der Waals surface area (Å²) in [6, 6.07) is 1.73. The number of hydrogen-bond acceptors (Lipinski definition) is 3. The molecule has 1 aliphatic heterocycles. The second kappa shape index (κ2) is 5.06. The minimum absolute atomic E-state index is 0.0656. The molecule has 1 heterocycles. The molecule has 4 nitrogen and oxygen atoms in total. The van der Waals surface area contributed by atoms with Gasteiger partial charge in [0.15, 0.2) is 11.5 Å². The fraction of sp³-hybridized carbons (Fsp3) is 0.462. The highest BCUT2D eigenvalue weighted by Gasteiger charge is 2.24. The first-order chi connectivity index (χ1) is 8.50. The Labute approximate surface area is 110 Å². The molecule has 5 heteroatoms. The predicted molar refractivity (Wildman–Crippen MR) is 67.9 cm³/mol. The number of benzene rings is 1. The van der Waals surface area contributed by atoms with Crippen LogP contribution >= 0.6 is 11.6 Å². The van der Waals surface area contributed by atoms with E-state index in [1.54, 1.807) is 6.07 Å². The zero-order valence-corrected chi connectivity index (χ0v) is 11.1. The van der Waals surface area contributed by atoms with Gasteiger partial charge >= 0.3 is 5.97 Å². The summed E-state index contributed by atoms with van der Waals surface area (Å²) >= 11 is 6.31. The summed E-state index contributed by atoms with van der Waals surface area (Å²) in [5, 5.41) is 9.42. The van der Waals surface area contributed by atoms with Gasteiger partial charge in [0.05, 0.1) is 11.4 Å². The van der Waals surface area contributed by atoms with Crippen LogP contribution < -0.4 is 9.47 Å². The summed E-state index contributed by atoms with van der Waals surface area (Å²) in [5.41, 5.74) is 1.51. The van der Waals surface area contributed by atoms with E-state index in [0.717, 1.165) is 5.56 Å². The van der Waals surface area contributed by atoms with E-state index in [2.05, 4.69) is 0 Å².